The second kappa shape index (κ2) is 17.1. The van der Waals surface area contributed by atoms with Gasteiger partial charge in [-0.15, -0.1) is 0 Å². The molecule has 11 nitrogen and oxygen atoms in total. The van der Waals surface area contributed by atoms with Crippen molar-refractivity contribution in [3.8, 4) is 16.9 Å². The Morgan fingerprint density at radius 3 is 2.49 bits per heavy atom. The van der Waals surface area contributed by atoms with Crippen molar-refractivity contribution in [2.75, 3.05) is 19.7 Å². The Labute approximate surface area is 292 Å². The number of aliphatic hydroxyl groups excluding tert-OH is 5. The van der Waals surface area contributed by atoms with Gasteiger partial charge in [-0.1, -0.05) is 55.3 Å². The molecule has 2 amide bonds. The van der Waals surface area contributed by atoms with Crippen LogP contribution >= 0.6 is 11.6 Å². The van der Waals surface area contributed by atoms with Gasteiger partial charge in [0.2, 0.25) is 0 Å². The summed E-state index contributed by atoms with van der Waals surface area (Å²) in [6.07, 6.45) is 4.33. The van der Waals surface area contributed by atoms with Gasteiger partial charge >= 0.3 is 6.03 Å². The van der Waals surface area contributed by atoms with E-state index >= 15 is 0 Å². The van der Waals surface area contributed by atoms with E-state index in [1.54, 1.807) is 0 Å². The second-order valence-electron chi connectivity index (χ2n) is 13.4. The molecule has 1 heterocycles. The van der Waals surface area contributed by atoms with Crippen molar-refractivity contribution in [3.05, 3.63) is 82.6 Å². The van der Waals surface area contributed by atoms with Crippen LogP contribution in [0.5, 0.6) is 5.75 Å². The monoisotopic (exact) mass is 696 g/mol. The van der Waals surface area contributed by atoms with E-state index in [-0.39, 0.29) is 18.0 Å². The smallest absolute Gasteiger partial charge is 0.314 e. The van der Waals surface area contributed by atoms with Gasteiger partial charge < -0.3 is 46.2 Å². The normalized spacial score (nSPS) is 18.2. The number of unbranched alkanes of at least 4 members (excludes halogenated alkanes) is 1. The average molecular weight is 697 g/mol. The van der Waals surface area contributed by atoms with Crippen molar-refractivity contribution in [1.82, 2.24) is 20.9 Å². The summed E-state index contributed by atoms with van der Waals surface area (Å²) >= 11 is 6.69. The molecule has 3 aromatic rings. The van der Waals surface area contributed by atoms with Gasteiger partial charge in [-0.25, -0.2) is 4.79 Å². The number of nitrogens with zero attached hydrogens (tertiary/aromatic N) is 1. The lowest BCUT2D eigenvalue weighted by Crippen LogP contribution is -2.50. The van der Waals surface area contributed by atoms with Crippen molar-refractivity contribution in [3.63, 3.8) is 0 Å². The van der Waals surface area contributed by atoms with E-state index in [0.29, 0.717) is 19.2 Å². The Balaban J connectivity index is 1.09. The van der Waals surface area contributed by atoms with E-state index in [2.05, 4.69) is 64.3 Å². The number of carbonyl (C=O) groups is 1. The molecule has 0 saturated heterocycles. The fourth-order valence-electron chi connectivity index (χ4n) is 6.02. The zero-order valence-corrected chi connectivity index (χ0v) is 28.6. The largest absolute Gasteiger partial charge is 0.490 e. The summed E-state index contributed by atoms with van der Waals surface area (Å²) in [5.74, 6) is 1.20. The maximum absolute atomic E-state index is 12.1. The predicted octanol–water partition coefficient (Wildman–Crippen LogP) is 3.73. The highest BCUT2D eigenvalue weighted by Gasteiger charge is 2.46. The van der Waals surface area contributed by atoms with Crippen LogP contribution in [0.2, 0.25) is 5.02 Å². The maximum atomic E-state index is 12.1. The zero-order chi connectivity index (χ0) is 35.0. The van der Waals surface area contributed by atoms with E-state index in [1.165, 1.54) is 11.1 Å². The summed E-state index contributed by atoms with van der Waals surface area (Å²) in [4.78, 5) is 16.6. The van der Waals surface area contributed by atoms with Crippen LogP contribution in [0.1, 0.15) is 74.5 Å². The van der Waals surface area contributed by atoms with Gasteiger partial charge in [0.25, 0.3) is 0 Å². The molecule has 1 aromatic heterocycles. The lowest BCUT2D eigenvalue weighted by atomic mass is 9.93. The lowest BCUT2D eigenvalue weighted by Gasteiger charge is -2.25. The van der Waals surface area contributed by atoms with Gasteiger partial charge in [-0.2, -0.15) is 0 Å². The van der Waals surface area contributed by atoms with Crippen LogP contribution in [0.4, 0.5) is 4.79 Å². The van der Waals surface area contributed by atoms with E-state index in [4.69, 9.17) is 21.4 Å². The van der Waals surface area contributed by atoms with Crippen molar-refractivity contribution in [2.45, 2.75) is 100 Å². The number of rotatable bonds is 19. The number of pyridine rings is 1. The molecule has 49 heavy (non-hydrogen) atoms. The molecule has 2 aromatic carbocycles. The topological polar surface area (TPSA) is 176 Å². The van der Waals surface area contributed by atoms with Gasteiger partial charge in [0, 0.05) is 48.2 Å². The minimum atomic E-state index is -1.74. The highest BCUT2D eigenvalue weighted by molar-refractivity contribution is 6.31. The molecule has 0 spiro atoms. The first-order chi connectivity index (χ1) is 23.6. The number of ether oxygens (including phenoxy) is 1. The Morgan fingerprint density at radius 1 is 1.00 bits per heavy atom. The zero-order valence-electron chi connectivity index (χ0n) is 27.9. The van der Waals surface area contributed by atoms with Crippen LogP contribution in [0.3, 0.4) is 0 Å². The SMILES string of the molecule is CC(CCCCNC(=O)NCC(O)C(O)C(O)C(O)CO)c1ccc(Cl)c(CNC2(c3cnccc3-c3ccccc3OC3CC3)CC2)c1. The summed E-state index contributed by atoms with van der Waals surface area (Å²) in [5.41, 5.74) is 5.48. The first-order valence-corrected chi connectivity index (χ1v) is 17.6. The van der Waals surface area contributed by atoms with Gasteiger partial charge in [0.05, 0.1) is 18.8 Å². The van der Waals surface area contributed by atoms with Gasteiger partial charge in [-0.3, -0.25) is 4.98 Å². The third kappa shape index (κ3) is 9.91. The van der Waals surface area contributed by atoms with Gasteiger partial charge in [0.1, 0.15) is 24.1 Å². The van der Waals surface area contributed by atoms with Crippen LogP contribution in [0.15, 0.2) is 60.9 Å². The van der Waals surface area contributed by atoms with E-state index in [9.17, 15) is 25.2 Å². The number of benzene rings is 2. The maximum Gasteiger partial charge on any atom is 0.314 e. The summed E-state index contributed by atoms with van der Waals surface area (Å²) in [5, 5.41) is 57.5. The quantitative estimate of drug-likeness (QED) is 0.0869. The fourth-order valence-corrected chi connectivity index (χ4v) is 6.21. The van der Waals surface area contributed by atoms with Crippen LogP contribution < -0.4 is 20.7 Å². The highest BCUT2D eigenvalue weighted by Crippen LogP contribution is 2.50. The molecular formula is C37H49ClN4O7. The van der Waals surface area contributed by atoms with Crippen LogP contribution in [-0.4, -0.2) is 86.8 Å². The number of hydrogen-bond donors (Lipinski definition) is 8. The molecule has 12 heteroatoms. The summed E-state index contributed by atoms with van der Waals surface area (Å²) < 4.78 is 6.26. The number of aromatic nitrogens is 1. The molecule has 5 atom stereocenters. The number of aliphatic hydroxyl groups is 5. The Morgan fingerprint density at radius 2 is 1.76 bits per heavy atom. The Kier molecular flexibility index (Phi) is 12.9. The van der Waals surface area contributed by atoms with Crippen molar-refractivity contribution >= 4 is 17.6 Å². The third-order valence-corrected chi connectivity index (χ3v) is 9.85. The standard InChI is InChI=1S/C37H49ClN4O7/c1-23(6-4-5-16-40-36(48)41-21-31(44)34(46)35(47)32(45)22-43)24-9-12-30(38)25(18-24)19-42-37(14-15-37)29-20-39-17-13-27(29)28-7-2-3-8-33(28)49-26-10-11-26/h2-3,7-9,12-13,17-18,20,23,26,31-32,34-35,42-47H,4-6,10-11,14-16,19,21-22H2,1H3,(H2,40,41,48). The number of carbonyl (C=O) groups excluding carboxylic acids is 1. The highest BCUT2D eigenvalue weighted by atomic mass is 35.5. The molecule has 266 valence electrons. The minimum Gasteiger partial charge on any atom is -0.490 e. The molecule has 5 unspecified atom stereocenters. The number of amides is 2. The second-order valence-corrected chi connectivity index (χ2v) is 13.8. The molecule has 2 aliphatic rings. The number of para-hydroxylation sites is 1. The molecule has 2 saturated carbocycles. The number of nitrogens with one attached hydrogen (secondary N) is 3. The van der Waals surface area contributed by atoms with Crippen LogP contribution in [0, 0.1) is 0 Å². The number of hydrogen-bond acceptors (Lipinski definition) is 9. The Hall–Kier alpha value is -3.29. The van der Waals surface area contributed by atoms with Crippen LogP contribution in [-0.2, 0) is 12.1 Å². The molecule has 5 rings (SSSR count). The predicted molar refractivity (Wildman–Crippen MR) is 187 cm³/mol. The molecule has 0 bridgehead atoms. The van der Waals surface area contributed by atoms with Gasteiger partial charge in [0.15, 0.2) is 0 Å². The third-order valence-electron chi connectivity index (χ3n) is 9.48. The first-order valence-electron chi connectivity index (χ1n) is 17.2. The van der Waals surface area contributed by atoms with Crippen molar-refractivity contribution in [2.24, 2.45) is 0 Å². The van der Waals surface area contributed by atoms with Crippen molar-refractivity contribution < 1.29 is 35.1 Å². The fraction of sp³-hybridized carbons (Fsp3) is 0.514. The summed E-state index contributed by atoms with van der Waals surface area (Å²) in [6, 6.07) is 16.0. The van der Waals surface area contributed by atoms with Crippen LogP contribution in [0.25, 0.3) is 11.1 Å². The summed E-state index contributed by atoms with van der Waals surface area (Å²) in [6.45, 7) is 2.13. The molecule has 2 aliphatic carbocycles. The molecule has 2 fully saturated rings. The van der Waals surface area contributed by atoms with Gasteiger partial charge in [-0.05, 0) is 84.9 Å². The van der Waals surface area contributed by atoms with E-state index in [1.807, 2.05) is 24.5 Å². The molecule has 0 radical (unpaired) electrons. The minimum absolute atomic E-state index is 0.178. The Bertz CT molecular complexity index is 1540. The lowest BCUT2D eigenvalue weighted by molar-refractivity contribution is -0.113. The molecule has 8 N–H and O–H groups in total. The summed E-state index contributed by atoms with van der Waals surface area (Å²) in [7, 11) is 0. The van der Waals surface area contributed by atoms with Crippen molar-refractivity contribution in [1.29, 1.82) is 0 Å². The molecule has 0 aliphatic heterocycles. The average Bonchev–Trinajstić information content (AvgIpc) is 4.07. The number of urea groups is 1. The number of halogens is 1. The molecular weight excluding hydrogens is 648 g/mol. The van der Waals surface area contributed by atoms with E-state index < -0.39 is 37.1 Å². The first kappa shape index (κ1) is 37.0. The van der Waals surface area contributed by atoms with E-state index in [0.717, 1.165) is 72.4 Å².